The van der Waals surface area contributed by atoms with Gasteiger partial charge in [-0.15, -0.1) is 0 Å². The fraction of sp³-hybridized carbons (Fsp3) is 0.222. The van der Waals surface area contributed by atoms with Gasteiger partial charge >= 0.3 is 5.97 Å². The summed E-state index contributed by atoms with van der Waals surface area (Å²) in [6.07, 6.45) is 0.230. The van der Waals surface area contributed by atoms with Gasteiger partial charge < -0.3 is 10.1 Å². The van der Waals surface area contributed by atoms with Gasteiger partial charge in [0.25, 0.3) is 5.69 Å². The number of halogens is 1. The van der Waals surface area contributed by atoms with Crippen molar-refractivity contribution >= 4 is 40.2 Å². The van der Waals surface area contributed by atoms with Crippen LogP contribution in [0.2, 0.25) is 0 Å². The van der Waals surface area contributed by atoms with Crippen molar-refractivity contribution in [2.75, 3.05) is 7.11 Å². The quantitative estimate of drug-likeness (QED) is 0.292. The van der Waals surface area contributed by atoms with Crippen LogP contribution < -0.4 is 5.32 Å². The van der Waals surface area contributed by atoms with Crippen LogP contribution in [0.4, 0.5) is 5.69 Å². The van der Waals surface area contributed by atoms with Crippen LogP contribution in [0.5, 0.6) is 0 Å². The second-order valence-electron chi connectivity index (χ2n) is 5.54. The molecule has 0 heterocycles. The molecule has 0 saturated carbocycles. The Morgan fingerprint density at radius 3 is 2.62 bits per heavy atom. The summed E-state index contributed by atoms with van der Waals surface area (Å²) in [7, 11) is 1.26. The Hall–Kier alpha value is -2.49. The van der Waals surface area contributed by atoms with E-state index in [-0.39, 0.29) is 12.1 Å². The lowest BCUT2D eigenvalue weighted by atomic mass is 10.1. The molecule has 2 rings (SSSR count). The molecule has 0 aliphatic carbocycles. The Labute approximate surface area is 164 Å². The number of hydrogen-bond acceptors (Lipinski definition) is 5. The van der Waals surface area contributed by atoms with Crippen LogP contribution in [0.3, 0.4) is 0 Å². The highest BCUT2D eigenvalue weighted by Crippen LogP contribution is 2.15. The summed E-state index contributed by atoms with van der Waals surface area (Å²) in [6.45, 7) is 0. The van der Waals surface area contributed by atoms with E-state index in [0.717, 1.165) is 9.13 Å². The van der Waals surface area contributed by atoms with Crippen LogP contribution in [0.15, 0.2) is 48.5 Å². The van der Waals surface area contributed by atoms with Crippen LogP contribution in [0.1, 0.15) is 11.1 Å². The van der Waals surface area contributed by atoms with Gasteiger partial charge in [0.05, 0.1) is 18.5 Å². The number of nitro groups is 1. The summed E-state index contributed by atoms with van der Waals surface area (Å²) in [4.78, 5) is 34.6. The summed E-state index contributed by atoms with van der Waals surface area (Å²) in [5, 5.41) is 13.5. The molecule has 2 aromatic rings. The number of carbonyl (C=O) groups excluding carboxylic acids is 2. The zero-order valence-electron chi connectivity index (χ0n) is 14.0. The van der Waals surface area contributed by atoms with Crippen molar-refractivity contribution in [3.63, 3.8) is 0 Å². The van der Waals surface area contributed by atoms with E-state index in [1.54, 1.807) is 6.07 Å². The first-order valence-corrected chi connectivity index (χ1v) is 8.82. The van der Waals surface area contributed by atoms with Crippen LogP contribution in [0, 0.1) is 13.7 Å². The van der Waals surface area contributed by atoms with Crippen molar-refractivity contribution in [2.24, 2.45) is 0 Å². The van der Waals surface area contributed by atoms with Crippen LogP contribution >= 0.6 is 22.6 Å². The average molecular weight is 468 g/mol. The summed E-state index contributed by atoms with van der Waals surface area (Å²) >= 11 is 2.16. The van der Waals surface area contributed by atoms with Crippen molar-refractivity contribution in [1.82, 2.24) is 5.32 Å². The normalized spacial score (nSPS) is 11.5. The van der Waals surface area contributed by atoms with E-state index in [2.05, 4.69) is 27.9 Å². The Morgan fingerprint density at radius 2 is 1.96 bits per heavy atom. The summed E-state index contributed by atoms with van der Waals surface area (Å²) in [6, 6.07) is 12.5. The zero-order valence-corrected chi connectivity index (χ0v) is 16.1. The lowest BCUT2D eigenvalue weighted by molar-refractivity contribution is -0.384. The number of benzene rings is 2. The number of nitrogens with one attached hydrogen (secondary N) is 1. The van der Waals surface area contributed by atoms with Crippen molar-refractivity contribution in [3.8, 4) is 0 Å². The molecular weight excluding hydrogens is 451 g/mol. The third kappa shape index (κ3) is 5.51. The highest BCUT2D eigenvalue weighted by molar-refractivity contribution is 14.1. The molecule has 1 N–H and O–H groups in total. The summed E-state index contributed by atoms with van der Waals surface area (Å²) in [5.41, 5.74) is 1.33. The van der Waals surface area contributed by atoms with Gasteiger partial charge in [-0.25, -0.2) is 4.79 Å². The molecule has 0 aliphatic rings. The lowest BCUT2D eigenvalue weighted by Gasteiger charge is -2.17. The first-order valence-electron chi connectivity index (χ1n) is 7.74. The molecule has 26 heavy (non-hydrogen) atoms. The number of methoxy groups -OCH3 is 1. The third-order valence-electron chi connectivity index (χ3n) is 3.69. The first-order chi connectivity index (χ1) is 12.4. The monoisotopic (exact) mass is 468 g/mol. The Morgan fingerprint density at radius 1 is 1.23 bits per heavy atom. The highest BCUT2D eigenvalue weighted by atomic mass is 127. The van der Waals surface area contributed by atoms with Crippen molar-refractivity contribution in [1.29, 1.82) is 0 Å². The minimum Gasteiger partial charge on any atom is -0.467 e. The standard InChI is InChI=1S/C18H17IN2O5/c1-26-18(23)16(11-13-6-2-3-8-15(13)19)20-17(22)10-12-5-4-7-14(9-12)21(24)25/h2-9,16H,10-11H2,1H3,(H,20,22)/t16-/m1/s1. The van der Waals surface area contributed by atoms with Gasteiger partial charge in [-0.1, -0.05) is 30.3 Å². The molecule has 136 valence electrons. The van der Waals surface area contributed by atoms with E-state index in [4.69, 9.17) is 4.74 Å². The number of ether oxygens (including phenoxy) is 1. The molecule has 0 saturated heterocycles. The number of esters is 1. The topological polar surface area (TPSA) is 98.5 Å². The smallest absolute Gasteiger partial charge is 0.328 e. The fourth-order valence-corrected chi connectivity index (χ4v) is 3.04. The predicted octanol–water partition coefficient (Wildman–Crippen LogP) is 2.64. The number of non-ortho nitro benzene ring substituents is 1. The minimum atomic E-state index is -0.831. The van der Waals surface area contributed by atoms with E-state index in [1.807, 2.05) is 24.3 Å². The maximum atomic E-state index is 12.3. The zero-order chi connectivity index (χ0) is 19.1. The molecule has 8 heteroatoms. The van der Waals surface area contributed by atoms with Gasteiger partial charge in [-0.3, -0.25) is 14.9 Å². The number of rotatable bonds is 7. The van der Waals surface area contributed by atoms with E-state index in [1.165, 1.54) is 25.3 Å². The van der Waals surface area contributed by atoms with E-state index >= 15 is 0 Å². The van der Waals surface area contributed by atoms with Crippen molar-refractivity contribution in [3.05, 3.63) is 73.3 Å². The molecule has 1 atom stereocenters. The number of nitrogens with zero attached hydrogens (tertiary/aromatic N) is 1. The average Bonchev–Trinajstić information content (AvgIpc) is 2.62. The van der Waals surface area contributed by atoms with Gasteiger partial charge in [-0.2, -0.15) is 0 Å². The maximum absolute atomic E-state index is 12.3. The predicted molar refractivity (Wildman–Crippen MR) is 104 cm³/mol. The molecule has 7 nitrogen and oxygen atoms in total. The molecule has 0 radical (unpaired) electrons. The van der Waals surface area contributed by atoms with Gasteiger partial charge in [0.1, 0.15) is 6.04 Å². The van der Waals surface area contributed by atoms with Gasteiger partial charge in [0, 0.05) is 22.1 Å². The van der Waals surface area contributed by atoms with Gasteiger partial charge in [-0.05, 0) is 39.8 Å². The SMILES string of the molecule is COC(=O)[C@@H](Cc1ccccc1I)NC(=O)Cc1cccc([N+](=O)[O-])c1. The largest absolute Gasteiger partial charge is 0.467 e. The first kappa shape index (κ1) is 19.8. The second-order valence-corrected chi connectivity index (χ2v) is 6.70. The van der Waals surface area contributed by atoms with E-state index in [0.29, 0.717) is 12.0 Å². The molecule has 2 aromatic carbocycles. The molecule has 0 fully saturated rings. The van der Waals surface area contributed by atoms with Crippen molar-refractivity contribution in [2.45, 2.75) is 18.9 Å². The Bertz CT molecular complexity index is 825. The van der Waals surface area contributed by atoms with E-state index in [9.17, 15) is 19.7 Å². The maximum Gasteiger partial charge on any atom is 0.328 e. The van der Waals surface area contributed by atoms with Crippen LogP contribution in [0.25, 0.3) is 0 Å². The number of nitro benzene ring substituents is 1. The molecule has 1 amide bonds. The number of carbonyl (C=O) groups is 2. The van der Waals surface area contributed by atoms with Crippen LogP contribution in [-0.4, -0.2) is 30.0 Å². The number of hydrogen-bond donors (Lipinski definition) is 1. The Balaban J connectivity index is 2.09. The number of amides is 1. The lowest BCUT2D eigenvalue weighted by Crippen LogP contribution is -2.43. The molecule has 0 bridgehead atoms. The summed E-state index contributed by atoms with van der Waals surface area (Å²) < 4.78 is 5.76. The van der Waals surface area contributed by atoms with Crippen LogP contribution in [-0.2, 0) is 27.2 Å². The minimum absolute atomic E-state index is 0.0684. The Kier molecular flexibility index (Phi) is 7.07. The van der Waals surface area contributed by atoms with E-state index < -0.39 is 22.8 Å². The van der Waals surface area contributed by atoms with Gasteiger partial charge in [0.2, 0.25) is 5.91 Å². The molecule has 0 aliphatic heterocycles. The molecule has 0 aromatic heterocycles. The fourth-order valence-electron chi connectivity index (χ4n) is 2.43. The second kappa shape index (κ2) is 9.27. The molecule has 0 unspecified atom stereocenters. The van der Waals surface area contributed by atoms with Crippen molar-refractivity contribution < 1.29 is 19.2 Å². The van der Waals surface area contributed by atoms with Gasteiger partial charge in [0.15, 0.2) is 0 Å². The molecular formula is C18H17IN2O5. The highest BCUT2D eigenvalue weighted by Gasteiger charge is 2.23. The molecule has 0 spiro atoms. The summed E-state index contributed by atoms with van der Waals surface area (Å²) in [5.74, 6) is -0.955. The third-order valence-corrected chi connectivity index (χ3v) is 4.74.